The zero-order chi connectivity index (χ0) is 33.9. The molecule has 4 N–H and O–H groups in total. The molecule has 8 aliphatic rings. The molecule has 0 aromatic carbocycles. The molecule has 3 saturated heterocycles. The lowest BCUT2D eigenvalue weighted by molar-refractivity contribution is -0.300. The third-order valence-electron chi connectivity index (χ3n) is 15.6. The normalized spacial score (nSPS) is 57.1. The average Bonchev–Trinajstić information content (AvgIpc) is 3.49. The lowest BCUT2D eigenvalue weighted by Crippen LogP contribution is -2.58. The highest BCUT2D eigenvalue weighted by atomic mass is 16.8. The number of aliphatic hydroxyl groups excluding tert-OH is 4. The van der Waals surface area contributed by atoms with Gasteiger partial charge < -0.3 is 44.1 Å². The van der Waals surface area contributed by atoms with E-state index in [0.29, 0.717) is 5.92 Å². The first-order valence-corrected chi connectivity index (χ1v) is 18.1. The predicted molar refractivity (Wildman–Crippen MR) is 168 cm³/mol. The first kappa shape index (κ1) is 33.1. The quantitative estimate of drug-likeness (QED) is 0.261. The summed E-state index contributed by atoms with van der Waals surface area (Å²) in [5.74, 6) is -0.922. The van der Waals surface area contributed by atoms with Crippen molar-refractivity contribution in [2.24, 2.45) is 44.8 Å². The monoisotopic (exact) mass is 660 g/mol. The minimum atomic E-state index is -1.31. The zero-order valence-corrected chi connectivity index (χ0v) is 29.3. The van der Waals surface area contributed by atoms with E-state index in [1.807, 2.05) is 13.8 Å². The van der Waals surface area contributed by atoms with Crippen LogP contribution in [0.2, 0.25) is 0 Å². The molecular weight excluding hydrogens is 604 g/mol. The Kier molecular flexibility index (Phi) is 6.90. The second kappa shape index (κ2) is 9.81. The van der Waals surface area contributed by atoms with E-state index >= 15 is 0 Å². The Morgan fingerprint density at radius 2 is 1.74 bits per heavy atom. The average molecular weight is 661 g/mol. The number of carbonyl (C=O) groups is 1. The largest absolute Gasteiger partial charge is 0.457 e. The lowest BCUT2D eigenvalue weighted by Gasteiger charge is -2.60. The van der Waals surface area contributed by atoms with E-state index in [9.17, 15) is 25.2 Å². The molecule has 3 aliphatic heterocycles. The molecule has 10 heteroatoms. The molecular formula is C37H56O10. The van der Waals surface area contributed by atoms with E-state index in [-0.39, 0.29) is 58.3 Å². The topological polar surface area (TPSA) is 144 Å². The van der Waals surface area contributed by atoms with Gasteiger partial charge in [0.2, 0.25) is 0 Å². The fourth-order valence-electron chi connectivity index (χ4n) is 13.5. The van der Waals surface area contributed by atoms with Crippen molar-refractivity contribution in [3.05, 3.63) is 11.6 Å². The van der Waals surface area contributed by atoms with Crippen LogP contribution >= 0.6 is 0 Å². The third kappa shape index (κ3) is 3.83. The van der Waals surface area contributed by atoms with Crippen LogP contribution in [0.15, 0.2) is 11.6 Å². The van der Waals surface area contributed by atoms with Crippen LogP contribution in [0.3, 0.4) is 0 Å². The highest BCUT2D eigenvalue weighted by Gasteiger charge is 2.86. The van der Waals surface area contributed by atoms with Crippen LogP contribution in [-0.4, -0.2) is 93.4 Å². The van der Waals surface area contributed by atoms with Gasteiger partial charge in [0.1, 0.15) is 36.1 Å². The standard InChI is InChI=1S/C37H56O10/c1-18-15-21-28(32(5,6)45-19(2)38)47-37(46-21)27(18)33(7)13-14-36-17-35(36)12-11-24(44-29-26(41)25(40)20(39)16-43-29)31(3,4)22(35)9-10-23(36)34(33,8)30(37)42/h10,18,20-22,24-30,39-42H,9,11-17H2,1-8H3/t18?,20-,21?,22?,24?,25+,26-,27?,28?,29+,30?,33?,34?,35?,36?,37?/m1/s1. The summed E-state index contributed by atoms with van der Waals surface area (Å²) in [6, 6.07) is 0. The van der Waals surface area contributed by atoms with Crippen molar-refractivity contribution in [1.82, 2.24) is 0 Å². The number of allylic oxidation sites excluding steroid dienone is 1. The molecule has 16 atom stereocenters. The summed E-state index contributed by atoms with van der Waals surface area (Å²) in [5.41, 5.74) is -0.442. The van der Waals surface area contributed by atoms with Gasteiger partial charge in [0.15, 0.2) is 12.1 Å². The van der Waals surface area contributed by atoms with E-state index in [0.717, 1.165) is 44.9 Å². The number of fused-ring (bicyclic) bond motifs is 4. The van der Waals surface area contributed by atoms with Crippen molar-refractivity contribution in [2.75, 3.05) is 6.61 Å². The SMILES string of the molecule is CC(=O)OC(C)(C)C1OC23OC1CC(C)C2C1(C)CCC24CC25CCC(O[C@@H]2OC[C@@H](O)[C@H](O)[C@H]2O)C(C)(C)C5CC=C4C1(C)C3O. The summed E-state index contributed by atoms with van der Waals surface area (Å²) in [6.07, 6.45) is 2.55. The minimum Gasteiger partial charge on any atom is -0.457 e. The number of esters is 1. The molecule has 47 heavy (non-hydrogen) atoms. The summed E-state index contributed by atoms with van der Waals surface area (Å²) < 4.78 is 31.8. The summed E-state index contributed by atoms with van der Waals surface area (Å²) >= 11 is 0. The number of ether oxygens (including phenoxy) is 5. The van der Waals surface area contributed by atoms with Crippen LogP contribution in [0.5, 0.6) is 0 Å². The van der Waals surface area contributed by atoms with Gasteiger partial charge >= 0.3 is 5.97 Å². The Morgan fingerprint density at radius 3 is 2.45 bits per heavy atom. The van der Waals surface area contributed by atoms with Gasteiger partial charge in [-0.05, 0) is 92.3 Å². The number of hydrogen-bond acceptors (Lipinski definition) is 10. The maximum absolute atomic E-state index is 12.8. The third-order valence-corrected chi connectivity index (χ3v) is 15.6. The summed E-state index contributed by atoms with van der Waals surface area (Å²) in [6.45, 7) is 16.6. The molecule has 0 aromatic heterocycles. The van der Waals surface area contributed by atoms with Crippen molar-refractivity contribution in [3.63, 3.8) is 0 Å². The maximum Gasteiger partial charge on any atom is 0.303 e. The van der Waals surface area contributed by atoms with Gasteiger partial charge in [0.25, 0.3) is 0 Å². The minimum absolute atomic E-state index is 0.00363. The van der Waals surface area contributed by atoms with Gasteiger partial charge in [-0.15, -0.1) is 0 Å². The van der Waals surface area contributed by atoms with E-state index < -0.39 is 53.6 Å². The molecule has 2 bridgehead atoms. The molecule has 5 aliphatic carbocycles. The zero-order valence-electron chi connectivity index (χ0n) is 29.3. The Morgan fingerprint density at radius 1 is 1.02 bits per heavy atom. The Hall–Kier alpha value is -1.11. The summed E-state index contributed by atoms with van der Waals surface area (Å²) in [7, 11) is 0. The summed E-state index contributed by atoms with van der Waals surface area (Å²) in [4.78, 5) is 12.1. The van der Waals surface area contributed by atoms with Crippen LogP contribution in [0.4, 0.5) is 0 Å². The van der Waals surface area contributed by atoms with Gasteiger partial charge in [-0.25, -0.2) is 0 Å². The smallest absolute Gasteiger partial charge is 0.303 e. The van der Waals surface area contributed by atoms with E-state index in [1.165, 1.54) is 12.5 Å². The van der Waals surface area contributed by atoms with Crippen molar-refractivity contribution in [2.45, 2.75) is 161 Å². The fourth-order valence-corrected chi connectivity index (χ4v) is 13.5. The van der Waals surface area contributed by atoms with Crippen LogP contribution in [0.1, 0.15) is 100 Å². The fraction of sp³-hybridized carbons (Fsp3) is 0.919. The molecule has 12 unspecified atom stereocenters. The van der Waals surface area contributed by atoms with Crippen LogP contribution in [0, 0.1) is 44.8 Å². The Labute approximate surface area is 278 Å². The second-order valence-electron chi connectivity index (χ2n) is 18.4. The second-order valence-corrected chi connectivity index (χ2v) is 18.4. The molecule has 10 nitrogen and oxygen atoms in total. The molecule has 0 aromatic rings. The molecule has 264 valence electrons. The lowest BCUT2D eigenvalue weighted by atomic mass is 9.44. The van der Waals surface area contributed by atoms with Gasteiger partial charge in [0.05, 0.1) is 18.8 Å². The van der Waals surface area contributed by atoms with Crippen molar-refractivity contribution in [3.8, 4) is 0 Å². The van der Waals surface area contributed by atoms with E-state index in [1.54, 1.807) is 0 Å². The van der Waals surface area contributed by atoms with Crippen LogP contribution < -0.4 is 0 Å². The van der Waals surface area contributed by atoms with Gasteiger partial charge in [-0.2, -0.15) is 0 Å². The van der Waals surface area contributed by atoms with Gasteiger partial charge in [-0.1, -0.05) is 46.3 Å². The van der Waals surface area contributed by atoms with Gasteiger partial charge in [0, 0.05) is 18.3 Å². The van der Waals surface area contributed by atoms with Crippen LogP contribution in [-0.2, 0) is 28.5 Å². The Balaban J connectivity index is 1.12. The predicted octanol–water partition coefficient (Wildman–Crippen LogP) is 3.61. The number of hydrogen-bond donors (Lipinski definition) is 4. The molecule has 8 rings (SSSR count). The Bertz CT molecular complexity index is 1380. The molecule has 3 heterocycles. The number of rotatable bonds is 4. The van der Waals surface area contributed by atoms with Crippen molar-refractivity contribution >= 4 is 5.97 Å². The van der Waals surface area contributed by atoms with E-state index in [4.69, 9.17) is 23.7 Å². The number of aliphatic hydroxyl groups is 4. The number of carbonyl (C=O) groups excluding carboxylic acids is 1. The summed E-state index contributed by atoms with van der Waals surface area (Å²) in [5, 5.41) is 43.6. The van der Waals surface area contributed by atoms with E-state index in [2.05, 4.69) is 40.7 Å². The molecule has 0 amide bonds. The maximum atomic E-state index is 12.8. The molecule has 7 fully saturated rings. The highest BCUT2D eigenvalue weighted by Crippen LogP contribution is 2.89. The van der Waals surface area contributed by atoms with Crippen LogP contribution in [0.25, 0.3) is 0 Å². The van der Waals surface area contributed by atoms with Gasteiger partial charge in [-0.3, -0.25) is 4.79 Å². The molecule has 0 radical (unpaired) electrons. The van der Waals surface area contributed by atoms with Crippen molar-refractivity contribution < 1.29 is 48.9 Å². The first-order chi connectivity index (χ1) is 21.8. The molecule has 3 spiro atoms. The molecule has 4 saturated carbocycles. The van der Waals surface area contributed by atoms with Crippen molar-refractivity contribution in [1.29, 1.82) is 0 Å². The first-order valence-electron chi connectivity index (χ1n) is 18.1. The highest BCUT2D eigenvalue weighted by molar-refractivity contribution is 5.66.